The van der Waals surface area contributed by atoms with E-state index in [-0.39, 0.29) is 25.3 Å². The number of carbonyl (C=O) groups excluding carboxylic acids is 3. The number of hydrogen-bond acceptors (Lipinski definition) is 5. The zero-order valence-corrected chi connectivity index (χ0v) is 19.4. The molecule has 0 bridgehead atoms. The first kappa shape index (κ1) is 23.9. The predicted octanol–water partition coefficient (Wildman–Crippen LogP) is 2.68. The minimum atomic E-state index is -1.36. The molecule has 2 aromatic rings. The Bertz CT molecular complexity index is 1220. The Kier molecular flexibility index (Phi) is 6.67. The van der Waals surface area contributed by atoms with Gasteiger partial charge in [0.2, 0.25) is 17.8 Å². The van der Waals surface area contributed by atoms with Gasteiger partial charge in [0.05, 0.1) is 37.0 Å². The number of carbonyl (C=O) groups is 3. The number of amides is 3. The molecule has 2 fully saturated rings. The van der Waals surface area contributed by atoms with Crippen LogP contribution in [0.4, 0.5) is 8.78 Å². The van der Waals surface area contributed by atoms with Crippen molar-refractivity contribution < 1.29 is 23.2 Å². The van der Waals surface area contributed by atoms with Gasteiger partial charge in [-0.25, -0.2) is 14.4 Å². The smallest absolute Gasteiger partial charge is 0.287 e. The average molecular weight is 494 g/mol. The van der Waals surface area contributed by atoms with Gasteiger partial charge in [-0.3, -0.25) is 19.4 Å². The first-order valence-electron chi connectivity index (χ1n) is 12.0. The molecule has 36 heavy (non-hydrogen) atoms. The molecule has 1 aromatic carbocycles. The number of nitrogens with zero attached hydrogens (tertiary/aromatic N) is 4. The number of aliphatic imine (C=N–C) groups is 2. The van der Waals surface area contributed by atoms with Crippen LogP contribution in [0.25, 0.3) is 0 Å². The zero-order chi connectivity index (χ0) is 25.2. The molecule has 3 amide bonds. The number of alkyl halides is 1. The minimum absolute atomic E-state index is 0.138. The number of benzene rings is 1. The van der Waals surface area contributed by atoms with Crippen molar-refractivity contribution in [2.45, 2.75) is 55.9 Å². The van der Waals surface area contributed by atoms with Crippen molar-refractivity contribution in [3.05, 3.63) is 65.2 Å². The van der Waals surface area contributed by atoms with E-state index in [4.69, 9.17) is 0 Å². The van der Waals surface area contributed by atoms with Crippen molar-refractivity contribution in [2.24, 2.45) is 9.98 Å². The molecule has 1 unspecified atom stereocenters. The highest BCUT2D eigenvalue weighted by molar-refractivity contribution is 6.29. The van der Waals surface area contributed by atoms with Crippen LogP contribution in [0.2, 0.25) is 0 Å². The summed E-state index contributed by atoms with van der Waals surface area (Å²) >= 11 is 0. The molecule has 4 atom stereocenters. The van der Waals surface area contributed by atoms with Crippen LogP contribution in [-0.2, 0) is 14.4 Å². The van der Waals surface area contributed by atoms with Crippen molar-refractivity contribution in [3.63, 3.8) is 0 Å². The molecule has 1 saturated heterocycles. The Morgan fingerprint density at radius 1 is 1.14 bits per heavy atom. The fourth-order valence-corrected chi connectivity index (χ4v) is 4.63. The Morgan fingerprint density at radius 3 is 2.58 bits per heavy atom. The summed E-state index contributed by atoms with van der Waals surface area (Å²) in [6.45, 7) is -0.220. The van der Waals surface area contributed by atoms with Gasteiger partial charge in [-0.1, -0.05) is 36.4 Å². The van der Waals surface area contributed by atoms with Gasteiger partial charge in [0.15, 0.2) is 0 Å². The van der Waals surface area contributed by atoms with Gasteiger partial charge >= 0.3 is 0 Å². The van der Waals surface area contributed by atoms with Crippen LogP contribution < -0.4 is 5.32 Å². The van der Waals surface area contributed by atoms with Crippen LogP contribution in [0.1, 0.15) is 54.5 Å². The monoisotopic (exact) mass is 493 g/mol. The van der Waals surface area contributed by atoms with Gasteiger partial charge in [0, 0.05) is 18.2 Å². The number of aromatic nitrogens is 1. The summed E-state index contributed by atoms with van der Waals surface area (Å²) in [5.74, 6) is -1.90. The molecule has 186 valence electrons. The predicted molar refractivity (Wildman–Crippen MR) is 128 cm³/mol. The molecule has 5 rings (SSSR count). The highest BCUT2D eigenvalue weighted by atomic mass is 19.1. The molecule has 1 aliphatic carbocycles. The van der Waals surface area contributed by atoms with E-state index in [1.165, 1.54) is 11.1 Å². The number of rotatable bonds is 7. The third-order valence-corrected chi connectivity index (χ3v) is 6.64. The lowest BCUT2D eigenvalue weighted by molar-refractivity contribution is -0.138. The van der Waals surface area contributed by atoms with Crippen molar-refractivity contribution >= 4 is 30.2 Å². The Labute approximate surface area is 206 Å². The molecule has 1 saturated carbocycles. The lowest BCUT2D eigenvalue weighted by atomic mass is 10.0. The number of hydrogen-bond donors (Lipinski definition) is 1. The molecule has 2 aliphatic heterocycles. The number of halogens is 2. The number of nitrogens with one attached hydrogen (secondary N) is 1. The first-order chi connectivity index (χ1) is 17.4. The third-order valence-electron chi connectivity index (χ3n) is 6.64. The molecule has 3 aliphatic rings. The molecule has 1 N–H and O–H groups in total. The van der Waals surface area contributed by atoms with Crippen LogP contribution >= 0.6 is 0 Å². The summed E-state index contributed by atoms with van der Waals surface area (Å²) in [6, 6.07) is 9.93. The summed E-state index contributed by atoms with van der Waals surface area (Å²) in [6.07, 6.45) is 2.52. The number of likely N-dealkylation sites (tertiary alicyclic amines) is 1. The highest BCUT2D eigenvalue weighted by Gasteiger charge is 2.41. The van der Waals surface area contributed by atoms with E-state index in [9.17, 15) is 23.2 Å². The highest BCUT2D eigenvalue weighted by Crippen LogP contribution is 2.41. The second-order valence-electron chi connectivity index (χ2n) is 9.30. The largest absolute Gasteiger partial charge is 0.342 e. The Balaban J connectivity index is 1.35. The maximum Gasteiger partial charge on any atom is 0.287 e. The van der Waals surface area contributed by atoms with E-state index in [1.807, 2.05) is 6.07 Å². The van der Waals surface area contributed by atoms with Gasteiger partial charge in [0.25, 0.3) is 5.91 Å². The average Bonchev–Trinajstić information content (AvgIpc) is 3.64. The second-order valence-corrected chi connectivity index (χ2v) is 9.30. The van der Waals surface area contributed by atoms with Crippen LogP contribution in [0, 0.1) is 5.95 Å². The maximum atomic E-state index is 14.8. The van der Waals surface area contributed by atoms with Crippen molar-refractivity contribution in [1.29, 1.82) is 0 Å². The first-order valence-corrected chi connectivity index (χ1v) is 12.0. The fourth-order valence-electron chi connectivity index (χ4n) is 4.63. The lowest BCUT2D eigenvalue weighted by Crippen LogP contribution is -2.47. The van der Waals surface area contributed by atoms with Crippen molar-refractivity contribution in [2.75, 3.05) is 6.54 Å². The molecule has 0 radical (unpaired) electrons. The Morgan fingerprint density at radius 2 is 1.92 bits per heavy atom. The zero-order valence-electron chi connectivity index (χ0n) is 19.4. The van der Waals surface area contributed by atoms with E-state index in [0.29, 0.717) is 16.8 Å². The van der Waals surface area contributed by atoms with E-state index >= 15 is 0 Å². The third kappa shape index (κ3) is 5.22. The van der Waals surface area contributed by atoms with E-state index < -0.39 is 48.0 Å². The summed E-state index contributed by atoms with van der Waals surface area (Å²) in [5.41, 5.74) is 1.57. The normalized spacial score (nSPS) is 24.1. The standard InChI is InChI=1S/C26H25F2N5O3/c27-17-10-21(33(14-17)23(35)11-18-12-30-22(34)13-29-18)26(36)32-24(16-4-2-1-3-5-16)20-9-8-19(15-6-7-15)25(28)31-20/h1-5,8-9,12-13,15,17-18,21,24H,6-7,10-11,14H2,(H,32,36)/t17-,18?,21+,24+/m1/s1. The maximum absolute atomic E-state index is 14.8. The Hall–Kier alpha value is -3.82. The molecular weight excluding hydrogens is 468 g/mol. The fraction of sp³-hybridized carbons (Fsp3) is 0.385. The lowest BCUT2D eigenvalue weighted by Gasteiger charge is -2.27. The summed E-state index contributed by atoms with van der Waals surface area (Å²) in [7, 11) is 0. The summed E-state index contributed by atoms with van der Waals surface area (Å²) < 4.78 is 29.2. The molecule has 8 nitrogen and oxygen atoms in total. The van der Waals surface area contributed by atoms with Gasteiger partial charge in [-0.05, 0) is 30.4 Å². The molecule has 0 spiro atoms. The van der Waals surface area contributed by atoms with Crippen LogP contribution in [-0.4, -0.2) is 64.8 Å². The quantitative estimate of drug-likeness (QED) is 0.599. The summed E-state index contributed by atoms with van der Waals surface area (Å²) in [5, 5.41) is 2.87. The van der Waals surface area contributed by atoms with Crippen molar-refractivity contribution in [3.8, 4) is 0 Å². The van der Waals surface area contributed by atoms with Gasteiger partial charge in [-0.15, -0.1) is 0 Å². The molecule has 3 heterocycles. The molecule has 10 heteroatoms. The topological polar surface area (TPSA) is 104 Å². The van der Waals surface area contributed by atoms with Crippen LogP contribution in [0.15, 0.2) is 52.4 Å². The van der Waals surface area contributed by atoms with Gasteiger partial charge < -0.3 is 10.2 Å². The number of pyridine rings is 1. The minimum Gasteiger partial charge on any atom is -0.342 e. The van der Waals surface area contributed by atoms with Crippen molar-refractivity contribution in [1.82, 2.24) is 15.2 Å². The van der Waals surface area contributed by atoms with Crippen LogP contribution in [0.3, 0.4) is 0 Å². The van der Waals surface area contributed by atoms with E-state index in [2.05, 4.69) is 20.3 Å². The SMILES string of the molecule is O=C1C=NC(CC(=O)N2C[C@H](F)C[C@H]2C(=O)N[C@@H](c2ccccc2)c2ccc(C3CC3)c(F)n2)C=N1. The second kappa shape index (κ2) is 10.0. The van der Waals surface area contributed by atoms with E-state index in [1.54, 1.807) is 36.4 Å². The summed E-state index contributed by atoms with van der Waals surface area (Å²) in [4.78, 5) is 50.4. The van der Waals surface area contributed by atoms with Crippen LogP contribution in [0.5, 0.6) is 0 Å². The molecule has 1 aromatic heterocycles. The molecular formula is C26H25F2N5O3. The van der Waals surface area contributed by atoms with E-state index in [0.717, 1.165) is 19.1 Å². The van der Waals surface area contributed by atoms with Gasteiger partial charge in [0.1, 0.15) is 12.2 Å². The van der Waals surface area contributed by atoms with Gasteiger partial charge in [-0.2, -0.15) is 4.39 Å².